The Morgan fingerprint density at radius 3 is 2.29 bits per heavy atom. The van der Waals surface area contributed by atoms with E-state index in [1.54, 1.807) is 6.07 Å². The third-order valence-electron chi connectivity index (χ3n) is 4.53. The largest absolute Gasteiger partial charge is 0.371 e. The van der Waals surface area contributed by atoms with Crippen molar-refractivity contribution in [1.82, 2.24) is 0 Å². The number of aryl methyl sites for hydroxylation is 3. The van der Waals surface area contributed by atoms with Crippen molar-refractivity contribution in [2.24, 2.45) is 0 Å². The summed E-state index contributed by atoms with van der Waals surface area (Å²) in [5, 5.41) is 0. The summed E-state index contributed by atoms with van der Waals surface area (Å²) in [6.07, 6.45) is 2.45. The van der Waals surface area contributed by atoms with Gasteiger partial charge in [-0.15, -0.1) is 0 Å². The Morgan fingerprint density at radius 1 is 0.917 bits per heavy atom. The van der Waals surface area contributed by atoms with Gasteiger partial charge in [-0.3, -0.25) is 4.72 Å². The maximum Gasteiger partial charge on any atom is 0.262 e. The molecule has 0 spiro atoms. The van der Waals surface area contributed by atoms with E-state index in [2.05, 4.69) is 9.62 Å². The van der Waals surface area contributed by atoms with Crippen molar-refractivity contribution in [3.63, 3.8) is 0 Å². The van der Waals surface area contributed by atoms with Gasteiger partial charge in [0.1, 0.15) is 0 Å². The van der Waals surface area contributed by atoms with Crippen LogP contribution in [0.3, 0.4) is 0 Å². The molecule has 24 heavy (non-hydrogen) atoms. The molecule has 1 saturated heterocycles. The normalized spacial score (nSPS) is 14.9. The molecule has 1 fully saturated rings. The number of hydrogen-bond acceptors (Lipinski definition) is 3. The molecule has 1 heterocycles. The molecule has 0 amide bonds. The predicted molar refractivity (Wildman–Crippen MR) is 99.4 cm³/mol. The maximum absolute atomic E-state index is 12.7. The zero-order valence-electron chi connectivity index (χ0n) is 14.5. The number of benzene rings is 2. The Bertz CT molecular complexity index is 854. The van der Waals surface area contributed by atoms with Crippen LogP contribution in [0.2, 0.25) is 0 Å². The van der Waals surface area contributed by atoms with Gasteiger partial charge in [-0.05, 0) is 74.6 Å². The van der Waals surface area contributed by atoms with Gasteiger partial charge in [-0.1, -0.05) is 12.1 Å². The summed E-state index contributed by atoms with van der Waals surface area (Å²) in [7, 11) is -3.58. The fourth-order valence-corrected chi connectivity index (χ4v) is 4.62. The minimum absolute atomic E-state index is 0.337. The summed E-state index contributed by atoms with van der Waals surface area (Å²) >= 11 is 0. The Morgan fingerprint density at radius 2 is 1.62 bits per heavy atom. The highest BCUT2D eigenvalue weighted by molar-refractivity contribution is 7.92. The summed E-state index contributed by atoms with van der Waals surface area (Å²) in [6, 6.07) is 11.2. The van der Waals surface area contributed by atoms with Crippen LogP contribution >= 0.6 is 0 Å². The Kier molecular flexibility index (Phi) is 4.54. The molecule has 0 aromatic heterocycles. The van der Waals surface area contributed by atoms with E-state index in [4.69, 9.17) is 0 Å². The third kappa shape index (κ3) is 3.41. The van der Waals surface area contributed by atoms with Crippen LogP contribution in [0.5, 0.6) is 0 Å². The monoisotopic (exact) mass is 344 g/mol. The molecule has 0 radical (unpaired) electrons. The maximum atomic E-state index is 12.7. The molecule has 0 atom stereocenters. The highest BCUT2D eigenvalue weighted by Gasteiger charge is 2.19. The third-order valence-corrected chi connectivity index (χ3v) is 6.05. The average Bonchev–Trinajstić information content (AvgIpc) is 3.03. The molecule has 1 aliphatic heterocycles. The van der Waals surface area contributed by atoms with Crippen molar-refractivity contribution in [2.75, 3.05) is 22.7 Å². The zero-order valence-corrected chi connectivity index (χ0v) is 15.3. The van der Waals surface area contributed by atoms with E-state index in [-0.39, 0.29) is 0 Å². The number of anilines is 2. The highest BCUT2D eigenvalue weighted by atomic mass is 32.2. The van der Waals surface area contributed by atoms with Gasteiger partial charge in [-0.2, -0.15) is 0 Å². The van der Waals surface area contributed by atoms with E-state index in [1.165, 1.54) is 18.5 Å². The van der Waals surface area contributed by atoms with Crippen molar-refractivity contribution in [3.8, 4) is 0 Å². The van der Waals surface area contributed by atoms with Crippen molar-refractivity contribution >= 4 is 21.4 Å². The van der Waals surface area contributed by atoms with E-state index in [1.807, 2.05) is 51.1 Å². The first-order chi connectivity index (χ1) is 11.4. The molecular formula is C19H24N2O2S. The van der Waals surface area contributed by atoms with E-state index in [0.717, 1.165) is 29.8 Å². The minimum atomic E-state index is -3.58. The van der Waals surface area contributed by atoms with E-state index >= 15 is 0 Å². The molecule has 2 aromatic rings. The molecule has 4 nitrogen and oxygen atoms in total. The molecule has 0 saturated carbocycles. The summed E-state index contributed by atoms with van der Waals surface area (Å²) in [5.41, 5.74) is 4.58. The quantitative estimate of drug-likeness (QED) is 0.911. The number of rotatable bonds is 4. The van der Waals surface area contributed by atoms with Crippen LogP contribution in [0.1, 0.15) is 29.5 Å². The number of nitrogens with zero attached hydrogens (tertiary/aromatic N) is 1. The molecular weight excluding hydrogens is 320 g/mol. The van der Waals surface area contributed by atoms with Crippen molar-refractivity contribution in [3.05, 3.63) is 53.1 Å². The summed E-state index contributed by atoms with van der Waals surface area (Å²) in [5.74, 6) is 0. The van der Waals surface area contributed by atoms with Crippen LogP contribution < -0.4 is 9.62 Å². The van der Waals surface area contributed by atoms with Crippen molar-refractivity contribution in [2.45, 2.75) is 38.5 Å². The molecule has 2 aromatic carbocycles. The van der Waals surface area contributed by atoms with Crippen LogP contribution in [0.4, 0.5) is 11.4 Å². The Hall–Kier alpha value is -2.01. The van der Waals surface area contributed by atoms with Gasteiger partial charge in [0.15, 0.2) is 0 Å². The van der Waals surface area contributed by atoms with Gasteiger partial charge in [0.05, 0.1) is 4.90 Å². The van der Waals surface area contributed by atoms with E-state index in [9.17, 15) is 8.42 Å². The van der Waals surface area contributed by atoms with Gasteiger partial charge in [0.25, 0.3) is 10.0 Å². The number of nitrogens with one attached hydrogen (secondary N) is 1. The van der Waals surface area contributed by atoms with Gasteiger partial charge in [0, 0.05) is 24.5 Å². The molecule has 1 N–H and O–H groups in total. The Balaban J connectivity index is 1.87. The lowest BCUT2D eigenvalue weighted by Gasteiger charge is -2.21. The first kappa shape index (κ1) is 16.8. The molecule has 0 aliphatic carbocycles. The second-order valence-electron chi connectivity index (χ2n) is 6.57. The lowest BCUT2D eigenvalue weighted by molar-refractivity contribution is 0.600. The van der Waals surface area contributed by atoms with E-state index in [0.29, 0.717) is 10.6 Å². The summed E-state index contributed by atoms with van der Waals surface area (Å²) in [6.45, 7) is 7.90. The molecule has 0 unspecified atom stereocenters. The Labute approximate surface area is 144 Å². The van der Waals surface area contributed by atoms with Crippen LogP contribution in [0, 0.1) is 20.8 Å². The second-order valence-corrected chi connectivity index (χ2v) is 8.22. The summed E-state index contributed by atoms with van der Waals surface area (Å²) < 4.78 is 28.1. The van der Waals surface area contributed by atoms with Gasteiger partial charge in [0.2, 0.25) is 0 Å². The zero-order chi connectivity index (χ0) is 17.3. The molecule has 3 rings (SSSR count). The van der Waals surface area contributed by atoms with Crippen LogP contribution in [0.15, 0.2) is 41.3 Å². The lowest BCUT2D eigenvalue weighted by Crippen LogP contribution is -2.19. The summed E-state index contributed by atoms with van der Waals surface area (Å²) in [4.78, 5) is 2.70. The molecule has 1 aliphatic rings. The predicted octanol–water partition coefficient (Wildman–Crippen LogP) is 4.01. The minimum Gasteiger partial charge on any atom is -0.371 e. The first-order valence-electron chi connectivity index (χ1n) is 8.32. The highest BCUT2D eigenvalue weighted by Crippen LogP contribution is 2.28. The number of sulfonamides is 1. The van der Waals surface area contributed by atoms with Crippen LogP contribution in [-0.4, -0.2) is 21.5 Å². The standard InChI is InChI=1S/C19H24N2O2S/c1-14-6-7-15(2)19(12-14)24(22,23)20-17-8-9-18(16(3)13-17)21-10-4-5-11-21/h6-9,12-13,20H,4-5,10-11H2,1-3H3. The fraction of sp³-hybridized carbons (Fsp3) is 0.368. The van der Waals surface area contributed by atoms with Crippen molar-refractivity contribution in [1.29, 1.82) is 0 Å². The fourth-order valence-electron chi connectivity index (χ4n) is 3.24. The average molecular weight is 344 g/mol. The number of hydrogen-bond donors (Lipinski definition) is 1. The molecule has 128 valence electrons. The van der Waals surface area contributed by atoms with Crippen LogP contribution in [-0.2, 0) is 10.0 Å². The molecule has 5 heteroatoms. The SMILES string of the molecule is Cc1ccc(C)c(S(=O)(=O)Nc2ccc(N3CCCC3)c(C)c2)c1. The first-order valence-corrected chi connectivity index (χ1v) is 9.81. The second kappa shape index (κ2) is 6.48. The smallest absolute Gasteiger partial charge is 0.262 e. The van der Waals surface area contributed by atoms with E-state index < -0.39 is 10.0 Å². The lowest BCUT2D eigenvalue weighted by atomic mass is 10.1. The van der Waals surface area contributed by atoms with Crippen LogP contribution in [0.25, 0.3) is 0 Å². The topological polar surface area (TPSA) is 49.4 Å². The molecule has 0 bridgehead atoms. The van der Waals surface area contributed by atoms with Gasteiger partial charge >= 0.3 is 0 Å². The van der Waals surface area contributed by atoms with Gasteiger partial charge < -0.3 is 4.90 Å². The van der Waals surface area contributed by atoms with Crippen molar-refractivity contribution < 1.29 is 8.42 Å². The van der Waals surface area contributed by atoms with Gasteiger partial charge in [-0.25, -0.2) is 8.42 Å².